The lowest BCUT2D eigenvalue weighted by atomic mass is 10.1. The van der Waals surface area contributed by atoms with Crippen molar-refractivity contribution in [2.24, 2.45) is 5.73 Å². The molecule has 8 heteroatoms. The van der Waals surface area contributed by atoms with Crippen molar-refractivity contribution < 1.29 is 28.7 Å². The fraction of sp³-hybridized carbons (Fsp3) is 0.200. The van der Waals surface area contributed by atoms with Crippen LogP contribution in [0.4, 0.5) is 0 Å². The Morgan fingerprint density at radius 3 is 2.21 bits per heavy atom. The molecule has 0 saturated carbocycles. The topological polar surface area (TPSA) is 116 Å². The number of methoxy groups -OCH3 is 1. The van der Waals surface area contributed by atoms with Gasteiger partial charge in [-0.25, -0.2) is 4.79 Å². The SMILES string of the molecule is COc1ccc(CN2C(=O)c3ccccc3C2=O)cc1C(=O)O[C@@H](C)C(N)=O. The maximum atomic E-state index is 12.5. The van der Waals surface area contributed by atoms with E-state index in [1.807, 2.05) is 0 Å². The number of hydrogen-bond donors (Lipinski definition) is 1. The Hall–Kier alpha value is -3.68. The molecule has 3 amide bonds. The monoisotopic (exact) mass is 382 g/mol. The average Bonchev–Trinajstić information content (AvgIpc) is 2.93. The molecule has 2 N–H and O–H groups in total. The molecule has 0 spiro atoms. The number of carbonyl (C=O) groups is 4. The van der Waals surface area contributed by atoms with Gasteiger partial charge in [0.1, 0.15) is 11.3 Å². The van der Waals surface area contributed by atoms with Crippen molar-refractivity contribution in [2.45, 2.75) is 19.6 Å². The summed E-state index contributed by atoms with van der Waals surface area (Å²) in [6.07, 6.45) is -1.11. The number of nitrogens with two attached hydrogens (primary N) is 1. The highest BCUT2D eigenvalue weighted by molar-refractivity contribution is 6.21. The zero-order valence-electron chi connectivity index (χ0n) is 15.3. The third kappa shape index (κ3) is 3.44. The van der Waals surface area contributed by atoms with Gasteiger partial charge < -0.3 is 15.2 Å². The van der Waals surface area contributed by atoms with Crippen LogP contribution in [0.1, 0.15) is 43.6 Å². The largest absolute Gasteiger partial charge is 0.496 e. The lowest BCUT2D eigenvalue weighted by Crippen LogP contribution is -2.31. The Morgan fingerprint density at radius 2 is 1.68 bits per heavy atom. The molecule has 1 aliphatic heterocycles. The van der Waals surface area contributed by atoms with E-state index in [9.17, 15) is 19.2 Å². The van der Waals surface area contributed by atoms with E-state index < -0.39 is 29.8 Å². The second-order valence-electron chi connectivity index (χ2n) is 6.23. The zero-order chi connectivity index (χ0) is 20.4. The van der Waals surface area contributed by atoms with Crippen molar-refractivity contribution in [3.63, 3.8) is 0 Å². The maximum absolute atomic E-state index is 12.5. The molecule has 28 heavy (non-hydrogen) atoms. The Bertz CT molecular complexity index is 949. The van der Waals surface area contributed by atoms with Gasteiger partial charge in [-0.05, 0) is 36.8 Å². The van der Waals surface area contributed by atoms with E-state index in [4.69, 9.17) is 15.2 Å². The number of imide groups is 1. The van der Waals surface area contributed by atoms with Crippen LogP contribution in [0.2, 0.25) is 0 Å². The van der Waals surface area contributed by atoms with E-state index in [0.717, 1.165) is 4.90 Å². The summed E-state index contributed by atoms with van der Waals surface area (Å²) in [5.41, 5.74) is 6.38. The minimum atomic E-state index is -1.11. The van der Waals surface area contributed by atoms with Gasteiger partial charge in [0.15, 0.2) is 6.10 Å². The third-order valence-corrected chi connectivity index (χ3v) is 4.39. The number of rotatable bonds is 6. The summed E-state index contributed by atoms with van der Waals surface area (Å²) in [4.78, 5) is 49.6. The maximum Gasteiger partial charge on any atom is 0.342 e. The summed E-state index contributed by atoms with van der Waals surface area (Å²) in [6.45, 7) is 1.33. The lowest BCUT2D eigenvalue weighted by Gasteiger charge is -2.16. The predicted molar refractivity (Wildman–Crippen MR) is 97.7 cm³/mol. The Labute approximate surface area is 160 Å². The Balaban J connectivity index is 1.86. The molecular formula is C20H18N2O6. The van der Waals surface area contributed by atoms with Gasteiger partial charge in [-0.2, -0.15) is 0 Å². The van der Waals surface area contributed by atoms with Crippen molar-refractivity contribution in [1.29, 1.82) is 0 Å². The molecule has 0 aliphatic carbocycles. The number of hydrogen-bond acceptors (Lipinski definition) is 6. The molecule has 0 saturated heterocycles. The molecule has 0 unspecified atom stereocenters. The van der Waals surface area contributed by atoms with E-state index in [0.29, 0.717) is 16.7 Å². The van der Waals surface area contributed by atoms with Crippen LogP contribution in [0.5, 0.6) is 5.75 Å². The second kappa shape index (κ2) is 7.51. The fourth-order valence-electron chi connectivity index (χ4n) is 2.86. The van der Waals surface area contributed by atoms with Crippen molar-refractivity contribution in [3.05, 3.63) is 64.7 Å². The molecule has 1 heterocycles. The third-order valence-electron chi connectivity index (χ3n) is 4.39. The normalized spacial score (nSPS) is 13.9. The molecule has 0 aromatic heterocycles. The highest BCUT2D eigenvalue weighted by atomic mass is 16.5. The van der Waals surface area contributed by atoms with E-state index in [-0.39, 0.29) is 17.9 Å². The summed E-state index contributed by atoms with van der Waals surface area (Å²) >= 11 is 0. The molecule has 0 fully saturated rings. The van der Waals surface area contributed by atoms with E-state index in [1.165, 1.54) is 26.2 Å². The number of fused-ring (bicyclic) bond motifs is 1. The van der Waals surface area contributed by atoms with Gasteiger partial charge in [-0.15, -0.1) is 0 Å². The first-order valence-electron chi connectivity index (χ1n) is 8.46. The summed E-state index contributed by atoms with van der Waals surface area (Å²) in [5.74, 6) is -2.15. The molecule has 3 rings (SSSR count). The Morgan fingerprint density at radius 1 is 1.07 bits per heavy atom. The first-order chi connectivity index (χ1) is 13.3. The number of amides is 3. The molecule has 8 nitrogen and oxygen atoms in total. The summed E-state index contributed by atoms with van der Waals surface area (Å²) in [7, 11) is 1.38. The highest BCUT2D eigenvalue weighted by Gasteiger charge is 2.35. The molecule has 1 aliphatic rings. The van der Waals surface area contributed by atoms with Crippen molar-refractivity contribution in [3.8, 4) is 5.75 Å². The van der Waals surface area contributed by atoms with Gasteiger partial charge >= 0.3 is 5.97 Å². The number of carbonyl (C=O) groups excluding carboxylic acids is 4. The van der Waals surface area contributed by atoms with Crippen molar-refractivity contribution >= 4 is 23.7 Å². The average molecular weight is 382 g/mol. The van der Waals surface area contributed by atoms with Crippen LogP contribution in [0.25, 0.3) is 0 Å². The fourth-order valence-corrected chi connectivity index (χ4v) is 2.86. The zero-order valence-corrected chi connectivity index (χ0v) is 15.3. The van der Waals surface area contributed by atoms with E-state index >= 15 is 0 Å². The first-order valence-corrected chi connectivity index (χ1v) is 8.46. The van der Waals surface area contributed by atoms with Crippen LogP contribution in [-0.4, -0.2) is 41.8 Å². The number of ether oxygens (including phenoxy) is 2. The van der Waals surface area contributed by atoms with Crippen LogP contribution in [0.15, 0.2) is 42.5 Å². The number of benzene rings is 2. The molecule has 0 radical (unpaired) electrons. The van der Waals surface area contributed by atoms with Crippen LogP contribution >= 0.6 is 0 Å². The van der Waals surface area contributed by atoms with Gasteiger partial charge in [0, 0.05) is 0 Å². The summed E-state index contributed by atoms with van der Waals surface area (Å²) in [5, 5.41) is 0. The minimum absolute atomic E-state index is 0.0258. The summed E-state index contributed by atoms with van der Waals surface area (Å²) in [6, 6.07) is 11.2. The van der Waals surface area contributed by atoms with E-state index in [1.54, 1.807) is 30.3 Å². The van der Waals surface area contributed by atoms with Gasteiger partial charge in [-0.1, -0.05) is 18.2 Å². The van der Waals surface area contributed by atoms with Crippen molar-refractivity contribution in [1.82, 2.24) is 4.90 Å². The van der Waals surface area contributed by atoms with Crippen LogP contribution in [0, 0.1) is 0 Å². The molecular weight excluding hydrogens is 364 g/mol. The van der Waals surface area contributed by atoms with Crippen molar-refractivity contribution in [2.75, 3.05) is 7.11 Å². The number of primary amides is 1. The number of esters is 1. The minimum Gasteiger partial charge on any atom is -0.496 e. The van der Waals surface area contributed by atoms with Crippen LogP contribution < -0.4 is 10.5 Å². The van der Waals surface area contributed by atoms with Crippen LogP contribution in [0.3, 0.4) is 0 Å². The van der Waals surface area contributed by atoms with E-state index in [2.05, 4.69) is 0 Å². The molecule has 1 atom stereocenters. The number of nitrogens with zero attached hydrogens (tertiary/aromatic N) is 1. The van der Waals surface area contributed by atoms with Gasteiger partial charge in [0.25, 0.3) is 17.7 Å². The first kappa shape index (κ1) is 19.1. The predicted octanol–water partition coefficient (Wildman–Crippen LogP) is 1.52. The molecule has 144 valence electrons. The second-order valence-corrected chi connectivity index (χ2v) is 6.23. The lowest BCUT2D eigenvalue weighted by molar-refractivity contribution is -0.125. The highest BCUT2D eigenvalue weighted by Crippen LogP contribution is 2.27. The molecule has 2 aromatic rings. The standard InChI is InChI=1S/C20H18N2O6/c1-11(17(21)23)28-20(26)15-9-12(7-8-16(15)27-2)10-22-18(24)13-5-3-4-6-14(13)19(22)25/h3-9,11H,10H2,1-2H3,(H2,21,23)/t11-/m0/s1. The molecule has 2 aromatic carbocycles. The quantitative estimate of drug-likeness (QED) is 0.598. The van der Waals surface area contributed by atoms with Gasteiger partial charge in [-0.3, -0.25) is 19.3 Å². The Kier molecular flexibility index (Phi) is 5.12. The van der Waals surface area contributed by atoms with Gasteiger partial charge in [0.05, 0.1) is 24.8 Å². The smallest absolute Gasteiger partial charge is 0.342 e. The molecule has 0 bridgehead atoms. The van der Waals surface area contributed by atoms with Crippen LogP contribution in [-0.2, 0) is 16.1 Å². The summed E-state index contributed by atoms with van der Waals surface area (Å²) < 4.78 is 10.2. The van der Waals surface area contributed by atoms with Gasteiger partial charge in [0.2, 0.25) is 0 Å².